The summed E-state index contributed by atoms with van der Waals surface area (Å²) in [5.41, 5.74) is 5.44. The van der Waals surface area contributed by atoms with Crippen molar-refractivity contribution in [3.8, 4) is 11.3 Å². The van der Waals surface area contributed by atoms with Crippen molar-refractivity contribution in [3.63, 3.8) is 0 Å². The topological polar surface area (TPSA) is 100 Å². The van der Waals surface area contributed by atoms with Crippen molar-refractivity contribution in [1.82, 2.24) is 15.0 Å². The van der Waals surface area contributed by atoms with Gasteiger partial charge >= 0.3 is 0 Å². The van der Waals surface area contributed by atoms with E-state index < -0.39 is 18.2 Å². The summed E-state index contributed by atoms with van der Waals surface area (Å²) in [6.07, 6.45) is 8.21. The van der Waals surface area contributed by atoms with Crippen molar-refractivity contribution in [2.45, 2.75) is 58.7 Å². The minimum atomic E-state index is -1.07. The lowest BCUT2D eigenvalue weighted by Gasteiger charge is -2.15. The maximum absolute atomic E-state index is 13.2. The maximum Gasteiger partial charge on any atom is 0.231 e. The molecule has 0 aliphatic heterocycles. The molecule has 0 aromatic carbocycles. The molecule has 3 atom stereocenters. The molecule has 178 valence electrons. The predicted octanol–water partition coefficient (Wildman–Crippen LogP) is 4.96. The van der Waals surface area contributed by atoms with Gasteiger partial charge in [-0.15, -0.1) is 0 Å². The molecule has 0 spiro atoms. The quantitative estimate of drug-likeness (QED) is 0.512. The van der Waals surface area contributed by atoms with Crippen molar-refractivity contribution in [2.24, 2.45) is 5.92 Å². The molecule has 3 N–H and O–H groups in total. The molecule has 2 aromatic heterocycles. The highest BCUT2D eigenvalue weighted by atomic mass is 19.1. The molecule has 0 saturated heterocycles. The van der Waals surface area contributed by atoms with E-state index in [1.54, 1.807) is 12.3 Å². The normalized spacial score (nSPS) is 20.7. The Hall–Kier alpha value is -3.39. The number of aliphatic hydroxyl groups is 1. The standard InChI is InChI=1S/C26H30FN5O2/c1-4-16-8-9-21(15(3)11-18(16)23(33)5-2)31-25-17(7-6-10-28-25)22-13-24(30-14-29-22)32-26(34)19-12-20(19)27/h6-7,9-11,13-14,19-20,23,33H,4-5,8,12H2,1-3H3,(H,28,31)(H,29,30,32,34)/t19-,20+,23?/m0/s1. The number of aliphatic hydroxyl groups excluding tert-OH is 1. The van der Waals surface area contributed by atoms with E-state index in [-0.39, 0.29) is 12.3 Å². The first kappa shape index (κ1) is 23.8. The summed E-state index contributed by atoms with van der Waals surface area (Å²) < 4.78 is 13.2. The minimum Gasteiger partial charge on any atom is -0.388 e. The van der Waals surface area contributed by atoms with Gasteiger partial charge in [0.2, 0.25) is 5.91 Å². The van der Waals surface area contributed by atoms with Gasteiger partial charge < -0.3 is 15.7 Å². The molecule has 2 aliphatic rings. The summed E-state index contributed by atoms with van der Waals surface area (Å²) in [7, 11) is 0. The lowest BCUT2D eigenvalue weighted by molar-refractivity contribution is -0.117. The molecule has 2 heterocycles. The molecule has 34 heavy (non-hydrogen) atoms. The van der Waals surface area contributed by atoms with Crippen LogP contribution in [0.15, 0.2) is 65.3 Å². The van der Waals surface area contributed by atoms with Gasteiger partial charge in [0.15, 0.2) is 0 Å². The molecule has 1 saturated carbocycles. The number of alkyl halides is 1. The van der Waals surface area contributed by atoms with E-state index in [9.17, 15) is 14.3 Å². The summed E-state index contributed by atoms with van der Waals surface area (Å²) in [5.74, 6) is -0.0243. The molecule has 8 heteroatoms. The molecule has 0 radical (unpaired) electrons. The van der Waals surface area contributed by atoms with Gasteiger partial charge in [-0.05, 0) is 55.9 Å². The van der Waals surface area contributed by atoms with Crippen LogP contribution in [0.25, 0.3) is 11.3 Å². The SMILES string of the molecule is CCC1=C(C(O)CC)C=C(C)C(Nc2ncccc2-c2cc(NC(=O)[C@H]3C[C@H]3F)ncn2)=CC1. The minimum absolute atomic E-state index is 0.258. The molecule has 7 nitrogen and oxygen atoms in total. The zero-order chi connectivity index (χ0) is 24.2. The van der Waals surface area contributed by atoms with Gasteiger partial charge in [0, 0.05) is 23.5 Å². The highest BCUT2D eigenvalue weighted by Crippen LogP contribution is 2.35. The second-order valence-corrected chi connectivity index (χ2v) is 8.65. The molecular weight excluding hydrogens is 433 g/mol. The first-order chi connectivity index (χ1) is 16.4. The van der Waals surface area contributed by atoms with Gasteiger partial charge in [-0.25, -0.2) is 19.3 Å². The van der Waals surface area contributed by atoms with Crippen LogP contribution in [-0.4, -0.2) is 38.2 Å². The molecule has 2 aliphatic carbocycles. The van der Waals surface area contributed by atoms with Crippen LogP contribution in [0.1, 0.15) is 46.5 Å². The molecule has 1 fully saturated rings. The number of pyridine rings is 1. The predicted molar refractivity (Wildman–Crippen MR) is 131 cm³/mol. The van der Waals surface area contributed by atoms with Crippen LogP contribution < -0.4 is 10.6 Å². The van der Waals surface area contributed by atoms with Crippen molar-refractivity contribution in [3.05, 3.63) is 65.3 Å². The number of nitrogens with zero attached hydrogens (tertiary/aromatic N) is 3. The van der Waals surface area contributed by atoms with Crippen LogP contribution in [0.3, 0.4) is 0 Å². The van der Waals surface area contributed by atoms with E-state index in [0.717, 1.165) is 35.2 Å². The van der Waals surface area contributed by atoms with E-state index in [1.807, 2.05) is 26.0 Å². The lowest BCUT2D eigenvalue weighted by atomic mass is 9.97. The number of rotatable bonds is 8. The van der Waals surface area contributed by atoms with Crippen LogP contribution in [0, 0.1) is 5.92 Å². The Morgan fingerprint density at radius 2 is 2.09 bits per heavy atom. The van der Waals surface area contributed by atoms with E-state index >= 15 is 0 Å². The fraction of sp³-hybridized carbons (Fsp3) is 0.385. The number of hydrogen-bond acceptors (Lipinski definition) is 6. The van der Waals surface area contributed by atoms with Crippen LogP contribution in [0.5, 0.6) is 0 Å². The monoisotopic (exact) mass is 463 g/mol. The Bertz CT molecular complexity index is 1170. The summed E-state index contributed by atoms with van der Waals surface area (Å²) >= 11 is 0. The lowest BCUT2D eigenvalue weighted by Crippen LogP contribution is -2.16. The first-order valence-electron chi connectivity index (χ1n) is 11.7. The first-order valence-corrected chi connectivity index (χ1v) is 11.7. The average Bonchev–Trinajstić information content (AvgIpc) is 3.61. The van der Waals surface area contributed by atoms with Crippen molar-refractivity contribution in [2.75, 3.05) is 10.6 Å². The van der Waals surface area contributed by atoms with Crippen LogP contribution in [0.2, 0.25) is 0 Å². The van der Waals surface area contributed by atoms with Crippen LogP contribution >= 0.6 is 0 Å². The molecular formula is C26H30FN5O2. The van der Waals surface area contributed by atoms with Crippen LogP contribution in [0.4, 0.5) is 16.0 Å². The highest BCUT2D eigenvalue weighted by molar-refractivity contribution is 5.94. The van der Waals surface area contributed by atoms with E-state index in [4.69, 9.17) is 0 Å². The van der Waals surface area contributed by atoms with Gasteiger partial charge in [0.1, 0.15) is 24.1 Å². The third kappa shape index (κ3) is 5.22. The van der Waals surface area contributed by atoms with Crippen molar-refractivity contribution < 1.29 is 14.3 Å². The Morgan fingerprint density at radius 3 is 2.79 bits per heavy atom. The summed E-state index contributed by atoms with van der Waals surface area (Å²) in [5, 5.41) is 16.6. The number of carbonyl (C=O) groups excluding carboxylic acids is 1. The molecule has 1 unspecified atom stereocenters. The van der Waals surface area contributed by atoms with E-state index in [2.05, 4.69) is 44.7 Å². The Morgan fingerprint density at radius 1 is 1.29 bits per heavy atom. The van der Waals surface area contributed by atoms with Gasteiger partial charge in [0.05, 0.1) is 17.7 Å². The van der Waals surface area contributed by atoms with E-state index in [1.165, 1.54) is 11.9 Å². The average molecular weight is 464 g/mol. The molecule has 2 aromatic rings. The highest BCUT2D eigenvalue weighted by Gasteiger charge is 2.43. The number of nitrogens with one attached hydrogen (secondary N) is 2. The smallest absolute Gasteiger partial charge is 0.231 e. The zero-order valence-corrected chi connectivity index (χ0v) is 19.7. The second kappa shape index (κ2) is 10.3. The number of amides is 1. The maximum atomic E-state index is 13.2. The second-order valence-electron chi connectivity index (χ2n) is 8.65. The van der Waals surface area contributed by atoms with Gasteiger partial charge in [-0.1, -0.05) is 31.6 Å². The molecule has 4 rings (SSSR count). The summed E-state index contributed by atoms with van der Waals surface area (Å²) in [4.78, 5) is 25.1. The number of halogens is 1. The Labute approximate surface area is 198 Å². The summed E-state index contributed by atoms with van der Waals surface area (Å²) in [6.45, 7) is 6.09. The third-order valence-corrected chi connectivity index (χ3v) is 6.23. The van der Waals surface area contributed by atoms with Crippen molar-refractivity contribution in [1.29, 1.82) is 0 Å². The van der Waals surface area contributed by atoms with E-state index in [0.29, 0.717) is 23.8 Å². The number of allylic oxidation sites excluding steroid dienone is 3. The Balaban J connectivity index is 1.59. The fourth-order valence-electron chi connectivity index (χ4n) is 4.03. The van der Waals surface area contributed by atoms with Crippen LogP contribution in [-0.2, 0) is 4.79 Å². The van der Waals surface area contributed by atoms with Gasteiger partial charge in [0.25, 0.3) is 0 Å². The molecule has 0 bridgehead atoms. The number of aromatic nitrogens is 3. The number of carbonyl (C=O) groups is 1. The third-order valence-electron chi connectivity index (χ3n) is 6.23. The van der Waals surface area contributed by atoms with Crippen molar-refractivity contribution >= 4 is 17.5 Å². The molecule has 1 amide bonds. The Kier molecular flexibility index (Phi) is 7.17. The summed E-state index contributed by atoms with van der Waals surface area (Å²) in [6, 6.07) is 5.36. The largest absolute Gasteiger partial charge is 0.388 e. The van der Waals surface area contributed by atoms with Gasteiger partial charge in [-0.2, -0.15) is 0 Å². The zero-order valence-electron chi connectivity index (χ0n) is 19.7. The fourth-order valence-corrected chi connectivity index (χ4v) is 4.03. The number of hydrogen-bond donors (Lipinski definition) is 3. The van der Waals surface area contributed by atoms with Gasteiger partial charge in [-0.3, -0.25) is 4.79 Å². The number of anilines is 2.